The lowest BCUT2D eigenvalue weighted by molar-refractivity contribution is 0.220. The molecule has 0 radical (unpaired) electrons. The van der Waals surface area contributed by atoms with Gasteiger partial charge in [-0.05, 0) is 20.8 Å². The zero-order valence-electron chi connectivity index (χ0n) is 9.90. The highest BCUT2D eigenvalue weighted by molar-refractivity contribution is 5.35. The van der Waals surface area contributed by atoms with Crippen LogP contribution in [0.2, 0.25) is 0 Å². The van der Waals surface area contributed by atoms with Crippen LogP contribution in [0.4, 0.5) is 0 Å². The summed E-state index contributed by atoms with van der Waals surface area (Å²) in [6.45, 7) is 5.75. The highest BCUT2D eigenvalue weighted by Gasteiger charge is 2.19. The van der Waals surface area contributed by atoms with E-state index in [2.05, 4.69) is 5.10 Å². The molecule has 1 rings (SSSR count). The zero-order valence-corrected chi connectivity index (χ0v) is 9.90. The predicted octanol–water partition coefficient (Wildman–Crippen LogP) is 1.74. The van der Waals surface area contributed by atoms with Gasteiger partial charge in [0.05, 0.1) is 18.4 Å². The van der Waals surface area contributed by atoms with Crippen molar-refractivity contribution in [1.82, 2.24) is 9.78 Å². The molecule has 1 aromatic rings. The summed E-state index contributed by atoms with van der Waals surface area (Å²) in [6, 6.07) is 0. The van der Waals surface area contributed by atoms with Gasteiger partial charge in [0.25, 0.3) is 0 Å². The Morgan fingerprint density at radius 2 is 2.13 bits per heavy atom. The average molecular weight is 210 g/mol. The number of hydrogen-bond donors (Lipinski definition) is 1. The molecule has 0 bridgehead atoms. The minimum atomic E-state index is -0.654. The highest BCUT2D eigenvalue weighted by atomic mass is 16.5. The van der Waals surface area contributed by atoms with Crippen molar-refractivity contribution in [3.05, 3.63) is 22.9 Å². The minimum Gasteiger partial charge on any atom is -0.481 e. The average Bonchev–Trinajstić information content (AvgIpc) is 2.38. The molecule has 0 saturated heterocycles. The molecule has 1 unspecified atom stereocenters. The monoisotopic (exact) mass is 210 g/mol. The Morgan fingerprint density at radius 3 is 2.60 bits per heavy atom. The third kappa shape index (κ3) is 2.39. The molecule has 84 valence electrons. The van der Waals surface area contributed by atoms with Gasteiger partial charge in [0.1, 0.15) is 6.10 Å². The molecule has 4 heteroatoms. The SMILES string of the molecule is COc1c(C(O)C=C(C)C)c(C)nn1C. The van der Waals surface area contributed by atoms with Crippen LogP contribution in [0.5, 0.6) is 5.88 Å². The number of hydrogen-bond acceptors (Lipinski definition) is 3. The van der Waals surface area contributed by atoms with E-state index in [1.807, 2.05) is 20.8 Å². The summed E-state index contributed by atoms with van der Waals surface area (Å²) in [5, 5.41) is 14.2. The number of aryl methyl sites for hydroxylation is 2. The zero-order chi connectivity index (χ0) is 11.6. The molecule has 1 aromatic heterocycles. The van der Waals surface area contributed by atoms with E-state index in [-0.39, 0.29) is 0 Å². The number of nitrogens with zero attached hydrogens (tertiary/aromatic N) is 2. The molecule has 0 aliphatic rings. The van der Waals surface area contributed by atoms with E-state index in [1.165, 1.54) is 0 Å². The topological polar surface area (TPSA) is 47.3 Å². The van der Waals surface area contributed by atoms with E-state index in [4.69, 9.17) is 4.74 Å². The normalized spacial score (nSPS) is 12.4. The molecule has 0 amide bonds. The van der Waals surface area contributed by atoms with E-state index in [0.29, 0.717) is 5.88 Å². The number of aliphatic hydroxyl groups is 1. The number of methoxy groups -OCH3 is 1. The standard InChI is InChI=1S/C11H18N2O2/c1-7(2)6-9(14)10-8(3)12-13(4)11(10)15-5/h6,9,14H,1-5H3. The quantitative estimate of drug-likeness (QED) is 0.773. The summed E-state index contributed by atoms with van der Waals surface area (Å²) >= 11 is 0. The second-order valence-corrected chi connectivity index (χ2v) is 3.82. The summed E-state index contributed by atoms with van der Waals surface area (Å²) in [5.41, 5.74) is 2.59. The number of rotatable bonds is 3. The molecule has 4 nitrogen and oxygen atoms in total. The summed E-state index contributed by atoms with van der Waals surface area (Å²) in [6.07, 6.45) is 1.13. The van der Waals surface area contributed by atoms with Crippen molar-refractivity contribution < 1.29 is 9.84 Å². The first-order chi connectivity index (χ1) is 6.97. The van der Waals surface area contributed by atoms with Crippen LogP contribution in [0.15, 0.2) is 11.6 Å². The van der Waals surface area contributed by atoms with E-state index < -0.39 is 6.10 Å². The van der Waals surface area contributed by atoms with Gasteiger partial charge in [-0.2, -0.15) is 5.10 Å². The molecular formula is C11H18N2O2. The van der Waals surface area contributed by atoms with Crippen LogP contribution >= 0.6 is 0 Å². The van der Waals surface area contributed by atoms with Crippen LogP contribution in [0.1, 0.15) is 31.2 Å². The third-order valence-electron chi connectivity index (χ3n) is 2.19. The van der Waals surface area contributed by atoms with E-state index in [0.717, 1.165) is 16.8 Å². The maximum Gasteiger partial charge on any atom is 0.217 e. The van der Waals surface area contributed by atoms with Gasteiger partial charge in [-0.1, -0.05) is 11.6 Å². The Labute approximate surface area is 90.2 Å². The summed E-state index contributed by atoms with van der Waals surface area (Å²) in [4.78, 5) is 0. The van der Waals surface area contributed by atoms with E-state index in [9.17, 15) is 5.11 Å². The molecule has 1 heterocycles. The molecule has 0 aromatic carbocycles. The molecule has 0 saturated carbocycles. The molecular weight excluding hydrogens is 192 g/mol. The molecule has 15 heavy (non-hydrogen) atoms. The number of aromatic nitrogens is 2. The van der Waals surface area contributed by atoms with Crippen LogP contribution < -0.4 is 4.74 Å². The van der Waals surface area contributed by atoms with Crippen molar-refractivity contribution >= 4 is 0 Å². The lowest BCUT2D eigenvalue weighted by Crippen LogP contribution is -2.00. The van der Waals surface area contributed by atoms with Crippen LogP contribution in [-0.4, -0.2) is 22.0 Å². The number of aliphatic hydroxyl groups excluding tert-OH is 1. The van der Waals surface area contributed by atoms with Crippen LogP contribution in [0.25, 0.3) is 0 Å². The second kappa shape index (κ2) is 4.49. The molecule has 0 aliphatic heterocycles. The van der Waals surface area contributed by atoms with Crippen molar-refractivity contribution in [2.45, 2.75) is 26.9 Å². The van der Waals surface area contributed by atoms with Gasteiger partial charge in [0, 0.05) is 7.05 Å². The van der Waals surface area contributed by atoms with Gasteiger partial charge < -0.3 is 9.84 Å². The Hall–Kier alpha value is -1.29. The van der Waals surface area contributed by atoms with E-state index >= 15 is 0 Å². The Balaban J connectivity index is 3.18. The predicted molar refractivity (Wildman–Crippen MR) is 58.9 cm³/mol. The van der Waals surface area contributed by atoms with Crippen LogP contribution in [0.3, 0.4) is 0 Å². The Bertz CT molecular complexity index is 376. The molecule has 0 fully saturated rings. The second-order valence-electron chi connectivity index (χ2n) is 3.82. The largest absolute Gasteiger partial charge is 0.481 e. The first-order valence-electron chi connectivity index (χ1n) is 4.88. The van der Waals surface area contributed by atoms with Gasteiger partial charge in [0.2, 0.25) is 5.88 Å². The van der Waals surface area contributed by atoms with Crippen molar-refractivity contribution in [3.8, 4) is 5.88 Å². The summed E-state index contributed by atoms with van der Waals surface area (Å²) < 4.78 is 6.84. The maximum atomic E-state index is 9.99. The summed E-state index contributed by atoms with van der Waals surface area (Å²) in [7, 11) is 3.37. The fourth-order valence-electron chi connectivity index (χ4n) is 1.64. The van der Waals surface area contributed by atoms with Gasteiger partial charge in [0.15, 0.2) is 0 Å². The molecule has 0 aliphatic carbocycles. The van der Waals surface area contributed by atoms with Crippen molar-refractivity contribution in [1.29, 1.82) is 0 Å². The molecule has 0 spiro atoms. The van der Waals surface area contributed by atoms with Crippen molar-refractivity contribution in [3.63, 3.8) is 0 Å². The number of ether oxygens (including phenoxy) is 1. The lowest BCUT2D eigenvalue weighted by atomic mass is 10.1. The van der Waals surface area contributed by atoms with E-state index in [1.54, 1.807) is 24.9 Å². The van der Waals surface area contributed by atoms with Gasteiger partial charge in [-0.25, -0.2) is 4.68 Å². The fraction of sp³-hybridized carbons (Fsp3) is 0.545. The van der Waals surface area contributed by atoms with Gasteiger partial charge >= 0.3 is 0 Å². The Kier molecular flexibility index (Phi) is 3.52. The molecule has 1 N–H and O–H groups in total. The number of allylic oxidation sites excluding steroid dienone is 1. The summed E-state index contributed by atoms with van der Waals surface area (Å²) in [5.74, 6) is 0.609. The fourth-order valence-corrected chi connectivity index (χ4v) is 1.64. The Morgan fingerprint density at radius 1 is 1.53 bits per heavy atom. The van der Waals surface area contributed by atoms with Crippen molar-refractivity contribution in [2.75, 3.05) is 7.11 Å². The van der Waals surface area contributed by atoms with Crippen molar-refractivity contribution in [2.24, 2.45) is 7.05 Å². The minimum absolute atomic E-state index is 0.609. The lowest BCUT2D eigenvalue weighted by Gasteiger charge is -2.08. The first kappa shape index (κ1) is 11.8. The van der Waals surface area contributed by atoms with Gasteiger partial charge in [-0.3, -0.25) is 0 Å². The third-order valence-corrected chi connectivity index (χ3v) is 2.19. The highest BCUT2D eigenvalue weighted by Crippen LogP contribution is 2.29. The molecule has 1 atom stereocenters. The van der Waals surface area contributed by atoms with Crippen LogP contribution in [0, 0.1) is 6.92 Å². The van der Waals surface area contributed by atoms with Gasteiger partial charge in [-0.15, -0.1) is 0 Å². The smallest absolute Gasteiger partial charge is 0.217 e. The maximum absolute atomic E-state index is 9.99. The van der Waals surface area contributed by atoms with Crippen LogP contribution in [-0.2, 0) is 7.05 Å². The first-order valence-corrected chi connectivity index (χ1v) is 4.88.